The fraction of sp³-hybridized carbons (Fsp3) is 0.583. The minimum Gasteiger partial charge on any atom is -0.481 e. The molecule has 0 radical (unpaired) electrons. The second-order valence-corrected chi connectivity index (χ2v) is 4.45. The van der Waals surface area contributed by atoms with Gasteiger partial charge in [-0.3, -0.25) is 19.3 Å². The van der Waals surface area contributed by atoms with E-state index in [0.717, 1.165) is 0 Å². The lowest BCUT2D eigenvalue weighted by Crippen LogP contribution is -2.32. The van der Waals surface area contributed by atoms with Crippen molar-refractivity contribution in [1.29, 1.82) is 0 Å². The molecule has 0 aromatic carbocycles. The van der Waals surface area contributed by atoms with Gasteiger partial charge in [-0.2, -0.15) is 0 Å². The Hall–Kier alpha value is -1.65. The van der Waals surface area contributed by atoms with Crippen LogP contribution in [-0.2, 0) is 14.4 Å². The van der Waals surface area contributed by atoms with Gasteiger partial charge in [0.1, 0.15) is 0 Å². The highest BCUT2D eigenvalue weighted by atomic mass is 16.4. The van der Waals surface area contributed by atoms with Gasteiger partial charge >= 0.3 is 5.97 Å². The summed E-state index contributed by atoms with van der Waals surface area (Å²) in [5.41, 5.74) is 0.466. The summed E-state index contributed by atoms with van der Waals surface area (Å²) in [6.45, 7) is 3.91. The molecule has 0 saturated heterocycles. The van der Waals surface area contributed by atoms with Gasteiger partial charge in [-0.25, -0.2) is 0 Å². The molecule has 1 heterocycles. The average Bonchev–Trinajstić information content (AvgIpc) is 2.48. The molecule has 0 bridgehead atoms. The lowest BCUT2D eigenvalue weighted by atomic mass is 10.0. The minimum atomic E-state index is -0.817. The molecule has 94 valence electrons. The highest BCUT2D eigenvalue weighted by Gasteiger charge is 2.27. The van der Waals surface area contributed by atoms with E-state index in [9.17, 15) is 14.4 Å². The largest absolute Gasteiger partial charge is 0.481 e. The first-order valence-corrected chi connectivity index (χ1v) is 5.67. The summed E-state index contributed by atoms with van der Waals surface area (Å²) in [4.78, 5) is 34.5. The highest BCUT2D eigenvalue weighted by Crippen LogP contribution is 2.16. The van der Waals surface area contributed by atoms with Gasteiger partial charge in [-0.15, -0.1) is 0 Å². The zero-order valence-electron chi connectivity index (χ0n) is 10.1. The van der Waals surface area contributed by atoms with Gasteiger partial charge in [-0.05, 0) is 25.7 Å². The predicted octanol–water partition coefficient (Wildman–Crippen LogP) is 1.19. The molecular formula is C12H17NO4. The molecular weight excluding hydrogens is 222 g/mol. The molecule has 1 aliphatic rings. The van der Waals surface area contributed by atoms with Crippen molar-refractivity contribution in [1.82, 2.24) is 4.90 Å². The fourth-order valence-corrected chi connectivity index (χ4v) is 1.71. The van der Waals surface area contributed by atoms with Crippen LogP contribution in [0.15, 0.2) is 11.6 Å². The SMILES string of the molecule is CC1=CC(=O)N(CCC(C)CCC(=O)O)C1=O. The Balaban J connectivity index is 2.34. The number of amides is 2. The highest BCUT2D eigenvalue weighted by molar-refractivity contribution is 6.15. The number of aliphatic carboxylic acids is 1. The molecule has 5 nitrogen and oxygen atoms in total. The van der Waals surface area contributed by atoms with E-state index in [1.165, 1.54) is 11.0 Å². The molecule has 0 aromatic rings. The van der Waals surface area contributed by atoms with Crippen molar-refractivity contribution in [2.75, 3.05) is 6.54 Å². The fourth-order valence-electron chi connectivity index (χ4n) is 1.71. The standard InChI is InChI=1S/C12H17NO4/c1-8(3-4-11(15)16)5-6-13-10(14)7-9(2)12(13)17/h7-8H,3-6H2,1-2H3,(H,15,16). The van der Waals surface area contributed by atoms with Crippen LogP contribution in [0, 0.1) is 5.92 Å². The van der Waals surface area contributed by atoms with Gasteiger partial charge in [0.2, 0.25) is 0 Å². The maximum atomic E-state index is 11.5. The van der Waals surface area contributed by atoms with E-state index in [0.29, 0.717) is 25.0 Å². The van der Waals surface area contributed by atoms with Gasteiger partial charge in [0, 0.05) is 24.6 Å². The van der Waals surface area contributed by atoms with Gasteiger partial charge in [0.25, 0.3) is 11.8 Å². The number of imide groups is 1. The summed E-state index contributed by atoms with van der Waals surface area (Å²) >= 11 is 0. The number of rotatable bonds is 6. The molecule has 1 atom stereocenters. The van der Waals surface area contributed by atoms with Crippen molar-refractivity contribution in [2.45, 2.75) is 33.1 Å². The van der Waals surface area contributed by atoms with Crippen LogP contribution in [-0.4, -0.2) is 34.3 Å². The number of carbonyl (C=O) groups excluding carboxylic acids is 2. The van der Waals surface area contributed by atoms with Crippen LogP contribution < -0.4 is 0 Å². The molecule has 0 saturated carbocycles. The molecule has 5 heteroatoms. The Kier molecular flexibility index (Phi) is 4.43. The first kappa shape index (κ1) is 13.4. The lowest BCUT2D eigenvalue weighted by molar-refractivity contribution is -0.139. The Morgan fingerprint density at radius 1 is 1.41 bits per heavy atom. The topological polar surface area (TPSA) is 74.7 Å². The second-order valence-electron chi connectivity index (χ2n) is 4.45. The molecule has 17 heavy (non-hydrogen) atoms. The molecule has 1 unspecified atom stereocenters. The summed E-state index contributed by atoms with van der Waals surface area (Å²) in [6, 6.07) is 0. The third kappa shape index (κ3) is 3.69. The van der Waals surface area contributed by atoms with Crippen molar-refractivity contribution < 1.29 is 19.5 Å². The van der Waals surface area contributed by atoms with Crippen LogP contribution in [0.25, 0.3) is 0 Å². The Labute approximate surface area is 100 Å². The van der Waals surface area contributed by atoms with E-state index in [4.69, 9.17) is 5.11 Å². The average molecular weight is 239 g/mol. The van der Waals surface area contributed by atoms with Crippen LogP contribution in [0.3, 0.4) is 0 Å². The number of carboxylic acid groups (broad SMARTS) is 1. The van der Waals surface area contributed by atoms with Gasteiger partial charge in [-0.1, -0.05) is 6.92 Å². The van der Waals surface area contributed by atoms with E-state index in [1.807, 2.05) is 6.92 Å². The number of nitrogens with zero attached hydrogens (tertiary/aromatic N) is 1. The van der Waals surface area contributed by atoms with Crippen molar-refractivity contribution >= 4 is 17.8 Å². The summed E-state index contributed by atoms with van der Waals surface area (Å²) in [5, 5.41) is 8.53. The van der Waals surface area contributed by atoms with Gasteiger partial charge in [0.15, 0.2) is 0 Å². The Morgan fingerprint density at radius 2 is 2.06 bits per heavy atom. The third-order valence-electron chi connectivity index (χ3n) is 2.89. The van der Waals surface area contributed by atoms with Crippen LogP contribution >= 0.6 is 0 Å². The minimum absolute atomic E-state index is 0.125. The van der Waals surface area contributed by atoms with E-state index in [1.54, 1.807) is 6.92 Å². The molecule has 0 spiro atoms. The molecule has 1 aliphatic heterocycles. The van der Waals surface area contributed by atoms with E-state index in [2.05, 4.69) is 0 Å². The zero-order valence-corrected chi connectivity index (χ0v) is 10.1. The first-order valence-electron chi connectivity index (χ1n) is 5.67. The quantitative estimate of drug-likeness (QED) is 0.706. The summed E-state index contributed by atoms with van der Waals surface area (Å²) < 4.78 is 0. The van der Waals surface area contributed by atoms with E-state index < -0.39 is 5.97 Å². The first-order chi connectivity index (χ1) is 7.91. The maximum Gasteiger partial charge on any atom is 0.303 e. The maximum absolute atomic E-state index is 11.5. The number of carbonyl (C=O) groups is 3. The molecule has 1 N–H and O–H groups in total. The molecule has 0 aliphatic carbocycles. The van der Waals surface area contributed by atoms with Gasteiger partial charge < -0.3 is 5.11 Å². The Bertz CT molecular complexity index is 373. The molecule has 0 aromatic heterocycles. The van der Waals surface area contributed by atoms with Crippen LogP contribution in [0.2, 0.25) is 0 Å². The van der Waals surface area contributed by atoms with Gasteiger partial charge in [0.05, 0.1) is 0 Å². The predicted molar refractivity (Wildman–Crippen MR) is 61.1 cm³/mol. The molecule has 1 rings (SSSR count). The smallest absolute Gasteiger partial charge is 0.303 e. The van der Waals surface area contributed by atoms with E-state index >= 15 is 0 Å². The van der Waals surface area contributed by atoms with Crippen LogP contribution in [0.1, 0.15) is 33.1 Å². The summed E-state index contributed by atoms with van der Waals surface area (Å²) in [7, 11) is 0. The van der Waals surface area contributed by atoms with Crippen molar-refractivity contribution in [3.05, 3.63) is 11.6 Å². The third-order valence-corrected chi connectivity index (χ3v) is 2.89. The molecule has 0 fully saturated rings. The van der Waals surface area contributed by atoms with Crippen LogP contribution in [0.4, 0.5) is 0 Å². The summed E-state index contributed by atoms with van der Waals surface area (Å²) in [6.07, 6.45) is 2.68. The number of hydrogen-bond donors (Lipinski definition) is 1. The van der Waals surface area contributed by atoms with Crippen LogP contribution in [0.5, 0.6) is 0 Å². The number of carboxylic acids is 1. The van der Waals surface area contributed by atoms with Crippen molar-refractivity contribution in [3.8, 4) is 0 Å². The van der Waals surface area contributed by atoms with Crippen molar-refractivity contribution in [2.24, 2.45) is 5.92 Å². The Morgan fingerprint density at radius 3 is 2.53 bits per heavy atom. The second kappa shape index (κ2) is 5.61. The zero-order chi connectivity index (χ0) is 13.0. The number of hydrogen-bond acceptors (Lipinski definition) is 3. The summed E-state index contributed by atoms with van der Waals surface area (Å²) in [5.74, 6) is -1.13. The van der Waals surface area contributed by atoms with Crippen molar-refractivity contribution in [3.63, 3.8) is 0 Å². The monoisotopic (exact) mass is 239 g/mol. The lowest BCUT2D eigenvalue weighted by Gasteiger charge is -2.17. The molecule has 2 amide bonds. The normalized spacial score (nSPS) is 17.3. The van der Waals surface area contributed by atoms with E-state index in [-0.39, 0.29) is 24.2 Å².